The van der Waals surface area contributed by atoms with E-state index in [0.29, 0.717) is 30.5 Å². The van der Waals surface area contributed by atoms with Crippen molar-refractivity contribution in [2.75, 3.05) is 34.4 Å². The van der Waals surface area contributed by atoms with Crippen LogP contribution < -0.4 is 14.2 Å². The predicted octanol–water partition coefficient (Wildman–Crippen LogP) is 4.26. The Hall–Kier alpha value is -3.06. The molecule has 0 aliphatic carbocycles. The van der Waals surface area contributed by atoms with Crippen LogP contribution in [0.15, 0.2) is 47.6 Å². The van der Waals surface area contributed by atoms with Gasteiger partial charge in [-0.3, -0.25) is 9.69 Å². The fraction of sp³-hybridized carbons (Fsp3) is 0.462. The van der Waals surface area contributed by atoms with Gasteiger partial charge in [0.1, 0.15) is 17.2 Å². The number of benzene rings is 2. The molecule has 2 aromatic carbocycles. The number of rotatable bonds is 7. The highest BCUT2D eigenvalue weighted by Gasteiger charge is 2.36. The molecular formula is C26H33N3O4. The zero-order valence-electron chi connectivity index (χ0n) is 19.9. The summed E-state index contributed by atoms with van der Waals surface area (Å²) in [6.07, 6.45) is 4.05. The van der Waals surface area contributed by atoms with E-state index in [1.54, 1.807) is 26.3 Å². The predicted molar refractivity (Wildman–Crippen MR) is 128 cm³/mol. The Bertz CT molecular complexity index is 1020. The molecule has 7 nitrogen and oxygen atoms in total. The molecule has 0 aromatic heterocycles. The molecule has 1 saturated heterocycles. The first-order valence-electron chi connectivity index (χ1n) is 11.5. The first-order valence-corrected chi connectivity index (χ1v) is 11.5. The summed E-state index contributed by atoms with van der Waals surface area (Å²) in [7, 11) is 4.91. The van der Waals surface area contributed by atoms with E-state index in [-0.39, 0.29) is 11.9 Å². The third-order valence-electron chi connectivity index (χ3n) is 6.66. The summed E-state index contributed by atoms with van der Waals surface area (Å²) in [4.78, 5) is 15.8. The highest BCUT2D eigenvalue weighted by molar-refractivity contribution is 6.05. The maximum absolute atomic E-state index is 13.6. The van der Waals surface area contributed by atoms with Gasteiger partial charge in [-0.2, -0.15) is 5.10 Å². The van der Waals surface area contributed by atoms with Gasteiger partial charge in [-0.15, -0.1) is 0 Å². The molecule has 1 fully saturated rings. The normalized spacial score (nSPS) is 21.0. The molecule has 1 amide bonds. The number of amides is 1. The average Bonchev–Trinajstić information content (AvgIpc) is 3.30. The number of hydrogen-bond acceptors (Lipinski definition) is 6. The third kappa shape index (κ3) is 4.83. The van der Waals surface area contributed by atoms with E-state index in [1.807, 2.05) is 42.5 Å². The Morgan fingerprint density at radius 1 is 1.03 bits per heavy atom. The van der Waals surface area contributed by atoms with Gasteiger partial charge in [0.15, 0.2) is 0 Å². The molecule has 2 atom stereocenters. The van der Waals surface area contributed by atoms with Crippen LogP contribution in [0.25, 0.3) is 0 Å². The van der Waals surface area contributed by atoms with Crippen LogP contribution in [0.3, 0.4) is 0 Å². The summed E-state index contributed by atoms with van der Waals surface area (Å²) in [5.41, 5.74) is 2.64. The van der Waals surface area contributed by atoms with Gasteiger partial charge in [-0.25, -0.2) is 5.01 Å². The highest BCUT2D eigenvalue weighted by Crippen LogP contribution is 2.40. The minimum absolute atomic E-state index is 0.00322. The smallest absolute Gasteiger partial charge is 0.257 e. The van der Waals surface area contributed by atoms with Gasteiger partial charge in [0, 0.05) is 29.7 Å². The second kappa shape index (κ2) is 10.3. The standard InChI is InChI=1S/C26H33N3O4/c1-18-9-7-8-14-28(18)17-26(30)29-23(21-13-12-19(31-2)15-25(21)33-4)16-22(27-29)20-10-5-6-11-24(20)32-3/h5-6,10-13,15,18,23H,7-9,14,16-17H2,1-4H3/t18-,23-/m0/s1. The van der Waals surface area contributed by atoms with E-state index < -0.39 is 0 Å². The van der Waals surface area contributed by atoms with Crippen molar-refractivity contribution in [1.82, 2.24) is 9.91 Å². The summed E-state index contributed by atoms with van der Waals surface area (Å²) in [5, 5.41) is 6.49. The second-order valence-electron chi connectivity index (χ2n) is 8.63. The Balaban J connectivity index is 1.69. The maximum Gasteiger partial charge on any atom is 0.257 e. The number of carbonyl (C=O) groups is 1. The minimum atomic E-state index is -0.265. The summed E-state index contributed by atoms with van der Waals surface area (Å²) in [5.74, 6) is 2.13. The number of methoxy groups -OCH3 is 3. The molecule has 0 bridgehead atoms. The number of piperidine rings is 1. The number of likely N-dealkylation sites (tertiary alicyclic amines) is 1. The first-order chi connectivity index (χ1) is 16.0. The van der Waals surface area contributed by atoms with Crippen LogP contribution in [0.5, 0.6) is 17.2 Å². The van der Waals surface area contributed by atoms with E-state index in [0.717, 1.165) is 42.0 Å². The number of hydrazone groups is 1. The van der Waals surface area contributed by atoms with Gasteiger partial charge in [-0.05, 0) is 50.6 Å². The van der Waals surface area contributed by atoms with Crippen molar-refractivity contribution in [3.05, 3.63) is 53.6 Å². The molecule has 33 heavy (non-hydrogen) atoms. The van der Waals surface area contributed by atoms with Gasteiger partial charge in [0.25, 0.3) is 5.91 Å². The van der Waals surface area contributed by atoms with E-state index >= 15 is 0 Å². The van der Waals surface area contributed by atoms with E-state index in [4.69, 9.17) is 19.3 Å². The third-order valence-corrected chi connectivity index (χ3v) is 6.66. The van der Waals surface area contributed by atoms with Crippen LogP contribution in [0.4, 0.5) is 0 Å². The number of nitrogens with zero attached hydrogens (tertiary/aromatic N) is 3. The maximum atomic E-state index is 13.6. The molecule has 0 N–H and O–H groups in total. The Kier molecular flexibility index (Phi) is 7.18. The van der Waals surface area contributed by atoms with Crippen molar-refractivity contribution in [3.63, 3.8) is 0 Å². The molecule has 2 aliphatic rings. The molecule has 4 rings (SSSR count). The topological polar surface area (TPSA) is 63.6 Å². The zero-order chi connectivity index (χ0) is 23.4. The number of para-hydroxylation sites is 1. The summed E-state index contributed by atoms with van der Waals surface area (Å²) in [6.45, 7) is 3.50. The fourth-order valence-corrected chi connectivity index (χ4v) is 4.76. The molecule has 0 saturated carbocycles. The SMILES string of the molecule is COc1ccc([C@@H]2CC(c3ccccc3OC)=NN2C(=O)CN2CCCC[C@@H]2C)c(OC)c1. The lowest BCUT2D eigenvalue weighted by atomic mass is 9.97. The molecule has 2 aromatic rings. The van der Waals surface area contributed by atoms with Crippen LogP contribution in [0.1, 0.15) is 49.8 Å². The van der Waals surface area contributed by atoms with Gasteiger partial charge < -0.3 is 14.2 Å². The van der Waals surface area contributed by atoms with E-state index in [2.05, 4.69) is 11.8 Å². The number of carbonyl (C=O) groups excluding carboxylic acids is 1. The van der Waals surface area contributed by atoms with Gasteiger partial charge in [0.2, 0.25) is 0 Å². The Morgan fingerprint density at radius 2 is 1.82 bits per heavy atom. The van der Waals surface area contributed by atoms with Crippen LogP contribution in [0, 0.1) is 0 Å². The summed E-state index contributed by atoms with van der Waals surface area (Å²) >= 11 is 0. The summed E-state index contributed by atoms with van der Waals surface area (Å²) < 4.78 is 16.6. The van der Waals surface area contributed by atoms with Crippen LogP contribution >= 0.6 is 0 Å². The highest BCUT2D eigenvalue weighted by atomic mass is 16.5. The second-order valence-corrected chi connectivity index (χ2v) is 8.63. The molecule has 0 unspecified atom stereocenters. The van der Waals surface area contributed by atoms with Crippen LogP contribution in [-0.2, 0) is 4.79 Å². The van der Waals surface area contributed by atoms with E-state index in [1.165, 1.54) is 6.42 Å². The molecule has 2 aliphatic heterocycles. The lowest BCUT2D eigenvalue weighted by molar-refractivity contribution is -0.135. The van der Waals surface area contributed by atoms with Gasteiger partial charge in [-0.1, -0.05) is 18.6 Å². The molecule has 7 heteroatoms. The number of ether oxygens (including phenoxy) is 3. The largest absolute Gasteiger partial charge is 0.497 e. The lowest BCUT2D eigenvalue weighted by Crippen LogP contribution is -2.44. The van der Waals surface area contributed by atoms with Crippen molar-refractivity contribution in [2.24, 2.45) is 5.10 Å². The van der Waals surface area contributed by atoms with Crippen molar-refractivity contribution in [3.8, 4) is 17.2 Å². The monoisotopic (exact) mass is 451 g/mol. The van der Waals surface area contributed by atoms with E-state index in [9.17, 15) is 4.79 Å². The molecular weight excluding hydrogens is 418 g/mol. The molecule has 176 valence electrons. The van der Waals surface area contributed by atoms with Gasteiger partial charge >= 0.3 is 0 Å². The van der Waals surface area contributed by atoms with Crippen LogP contribution in [0.2, 0.25) is 0 Å². The van der Waals surface area contributed by atoms with Crippen molar-refractivity contribution in [2.45, 2.75) is 44.7 Å². The number of hydrogen-bond donors (Lipinski definition) is 0. The average molecular weight is 452 g/mol. The Labute approximate surface area is 195 Å². The van der Waals surface area contributed by atoms with Crippen LogP contribution in [-0.4, -0.2) is 62.0 Å². The first kappa shape index (κ1) is 23.1. The minimum Gasteiger partial charge on any atom is -0.497 e. The Morgan fingerprint density at radius 3 is 2.55 bits per heavy atom. The quantitative estimate of drug-likeness (QED) is 0.629. The van der Waals surface area contributed by atoms with Crippen molar-refractivity contribution >= 4 is 11.6 Å². The fourth-order valence-electron chi connectivity index (χ4n) is 4.76. The zero-order valence-corrected chi connectivity index (χ0v) is 19.9. The molecule has 0 spiro atoms. The van der Waals surface area contributed by atoms with Crippen molar-refractivity contribution in [1.29, 1.82) is 0 Å². The van der Waals surface area contributed by atoms with Gasteiger partial charge in [0.05, 0.1) is 39.6 Å². The lowest BCUT2D eigenvalue weighted by Gasteiger charge is -2.34. The molecule has 2 heterocycles. The van der Waals surface area contributed by atoms with Crippen molar-refractivity contribution < 1.29 is 19.0 Å². The molecule has 0 radical (unpaired) electrons. The summed E-state index contributed by atoms with van der Waals surface area (Å²) in [6, 6.07) is 13.6.